The van der Waals surface area contributed by atoms with Gasteiger partial charge < -0.3 is 14.6 Å². The highest BCUT2D eigenvalue weighted by atomic mass is 16.4. The van der Waals surface area contributed by atoms with Crippen molar-refractivity contribution in [3.63, 3.8) is 0 Å². The van der Waals surface area contributed by atoms with Crippen LogP contribution in [0.3, 0.4) is 0 Å². The molecule has 4 saturated carbocycles. The molecule has 0 bridgehead atoms. The lowest BCUT2D eigenvalue weighted by Gasteiger charge is -2.64. The minimum Gasteiger partial charge on any atom is -0.428 e. The minimum atomic E-state index is -0.200. The number of aromatic nitrogens is 2. The average Bonchev–Trinajstić information content (AvgIpc) is 3.47. The highest BCUT2D eigenvalue weighted by Crippen LogP contribution is 2.69. The first-order valence-corrected chi connectivity index (χ1v) is 15.2. The summed E-state index contributed by atoms with van der Waals surface area (Å²) < 4.78 is 5.40. The first-order chi connectivity index (χ1) is 17.1. The summed E-state index contributed by atoms with van der Waals surface area (Å²) in [5, 5.41) is 30.4. The predicted octanol–water partition coefficient (Wildman–Crippen LogP) is 6.54. The largest absolute Gasteiger partial charge is 0.428 e. The number of hydrogen-bond donors (Lipinski definition) is 2. The quantitative estimate of drug-likeness (QED) is 0.444. The SMILES string of the molecule is CC[C@H]1[C@@H](O)C2C3CCC([C@H](C)C(C)CC(C)Cc4nnco4)[C@@]3(C)CCC2[C@@]2(C)CC[C@@H](O)C[C@@H]12. The number of hydrogen-bond acceptors (Lipinski definition) is 5. The van der Waals surface area contributed by atoms with E-state index >= 15 is 0 Å². The zero-order valence-electron chi connectivity index (χ0n) is 23.7. The van der Waals surface area contributed by atoms with Crippen molar-refractivity contribution < 1.29 is 14.6 Å². The summed E-state index contributed by atoms with van der Waals surface area (Å²) in [5.74, 6) is 5.87. The fourth-order valence-corrected chi connectivity index (χ4v) is 10.8. The van der Waals surface area contributed by atoms with E-state index < -0.39 is 0 Å². The van der Waals surface area contributed by atoms with Crippen LogP contribution >= 0.6 is 0 Å². The molecular formula is C31H52N2O3. The van der Waals surface area contributed by atoms with Gasteiger partial charge in [0.15, 0.2) is 0 Å². The van der Waals surface area contributed by atoms with E-state index in [0.29, 0.717) is 52.8 Å². The maximum atomic E-state index is 11.9. The van der Waals surface area contributed by atoms with Crippen LogP contribution in [0.15, 0.2) is 10.8 Å². The van der Waals surface area contributed by atoms with Crippen LogP contribution in [-0.4, -0.2) is 32.6 Å². The van der Waals surface area contributed by atoms with Gasteiger partial charge in [-0.1, -0.05) is 48.0 Å². The van der Waals surface area contributed by atoms with Gasteiger partial charge in [0, 0.05) is 6.42 Å². The Bertz CT molecular complexity index is 875. The van der Waals surface area contributed by atoms with E-state index in [1.165, 1.54) is 38.5 Å². The van der Waals surface area contributed by atoms with Crippen LogP contribution in [0, 0.1) is 64.1 Å². The van der Waals surface area contributed by atoms with Crippen LogP contribution in [0.2, 0.25) is 0 Å². The fraction of sp³-hybridized carbons (Fsp3) is 0.935. The Morgan fingerprint density at radius 1 is 1.00 bits per heavy atom. The Balaban J connectivity index is 1.33. The lowest BCUT2D eigenvalue weighted by Crippen LogP contribution is -2.62. The monoisotopic (exact) mass is 500 g/mol. The normalized spacial score (nSPS) is 46.9. The van der Waals surface area contributed by atoms with E-state index in [-0.39, 0.29) is 17.6 Å². The van der Waals surface area contributed by atoms with Gasteiger partial charge in [-0.15, -0.1) is 10.2 Å². The number of aliphatic hydroxyl groups is 2. The summed E-state index contributed by atoms with van der Waals surface area (Å²) in [6.07, 6.45) is 12.3. The summed E-state index contributed by atoms with van der Waals surface area (Å²) in [6.45, 7) is 14.7. The lowest BCUT2D eigenvalue weighted by atomic mass is 9.41. The van der Waals surface area contributed by atoms with Crippen molar-refractivity contribution >= 4 is 0 Å². The summed E-state index contributed by atoms with van der Waals surface area (Å²) in [5.41, 5.74) is 0.619. The van der Waals surface area contributed by atoms with Crippen molar-refractivity contribution in [2.45, 2.75) is 118 Å². The molecule has 36 heavy (non-hydrogen) atoms. The molecule has 1 aromatic rings. The molecule has 0 aliphatic heterocycles. The lowest BCUT2D eigenvalue weighted by molar-refractivity contribution is -0.203. The van der Waals surface area contributed by atoms with Gasteiger partial charge in [0.25, 0.3) is 0 Å². The van der Waals surface area contributed by atoms with E-state index in [1.54, 1.807) is 0 Å². The molecule has 6 unspecified atom stereocenters. The number of fused-ring (bicyclic) bond motifs is 5. The van der Waals surface area contributed by atoms with Crippen molar-refractivity contribution in [3.05, 3.63) is 12.3 Å². The molecule has 2 N–H and O–H groups in total. The van der Waals surface area contributed by atoms with Crippen LogP contribution in [0.5, 0.6) is 0 Å². The number of rotatable bonds is 7. The average molecular weight is 501 g/mol. The fourth-order valence-electron chi connectivity index (χ4n) is 10.8. The summed E-state index contributed by atoms with van der Waals surface area (Å²) in [7, 11) is 0. The van der Waals surface area contributed by atoms with Gasteiger partial charge in [-0.05, 0) is 115 Å². The maximum absolute atomic E-state index is 11.9. The van der Waals surface area contributed by atoms with E-state index in [4.69, 9.17) is 4.42 Å². The van der Waals surface area contributed by atoms with E-state index in [2.05, 4.69) is 51.7 Å². The Hall–Kier alpha value is -0.940. The van der Waals surface area contributed by atoms with Gasteiger partial charge in [0.2, 0.25) is 12.3 Å². The van der Waals surface area contributed by atoms with E-state index in [9.17, 15) is 10.2 Å². The second-order valence-electron chi connectivity index (χ2n) is 14.3. The van der Waals surface area contributed by atoms with Crippen molar-refractivity contribution in [1.82, 2.24) is 10.2 Å². The van der Waals surface area contributed by atoms with Crippen LogP contribution < -0.4 is 0 Å². The second kappa shape index (κ2) is 9.98. The van der Waals surface area contributed by atoms with E-state index in [0.717, 1.165) is 43.9 Å². The van der Waals surface area contributed by atoms with Gasteiger partial charge in [0.05, 0.1) is 12.2 Å². The zero-order chi connectivity index (χ0) is 25.8. The molecule has 4 aliphatic rings. The third-order valence-corrected chi connectivity index (χ3v) is 12.7. The third-order valence-electron chi connectivity index (χ3n) is 12.7. The molecule has 13 atom stereocenters. The van der Waals surface area contributed by atoms with Crippen LogP contribution in [-0.2, 0) is 6.42 Å². The Morgan fingerprint density at radius 3 is 2.42 bits per heavy atom. The highest BCUT2D eigenvalue weighted by Gasteiger charge is 2.65. The van der Waals surface area contributed by atoms with Crippen LogP contribution in [0.1, 0.15) is 105 Å². The first kappa shape index (κ1) is 26.7. The molecule has 0 amide bonds. The third kappa shape index (κ3) is 4.28. The molecule has 204 valence electrons. The van der Waals surface area contributed by atoms with Crippen LogP contribution in [0.25, 0.3) is 0 Å². The maximum Gasteiger partial charge on any atom is 0.216 e. The minimum absolute atomic E-state index is 0.171. The van der Waals surface area contributed by atoms with Crippen molar-refractivity contribution in [2.24, 2.45) is 64.1 Å². The van der Waals surface area contributed by atoms with Crippen molar-refractivity contribution in [2.75, 3.05) is 0 Å². The van der Waals surface area contributed by atoms with Crippen molar-refractivity contribution in [3.8, 4) is 0 Å². The molecule has 5 heteroatoms. The molecule has 0 saturated heterocycles. The summed E-state index contributed by atoms with van der Waals surface area (Å²) in [6, 6.07) is 0. The first-order valence-electron chi connectivity index (χ1n) is 15.2. The molecule has 0 aromatic carbocycles. The number of aliphatic hydroxyl groups excluding tert-OH is 2. The molecular weight excluding hydrogens is 448 g/mol. The summed E-state index contributed by atoms with van der Waals surface area (Å²) in [4.78, 5) is 0. The molecule has 1 aromatic heterocycles. The van der Waals surface area contributed by atoms with Gasteiger partial charge in [-0.2, -0.15) is 0 Å². The summed E-state index contributed by atoms with van der Waals surface area (Å²) >= 11 is 0. The molecule has 4 aliphatic carbocycles. The highest BCUT2D eigenvalue weighted by molar-refractivity contribution is 5.13. The Labute approximate surface area is 219 Å². The second-order valence-corrected chi connectivity index (χ2v) is 14.3. The molecule has 0 spiro atoms. The zero-order valence-corrected chi connectivity index (χ0v) is 23.7. The van der Waals surface area contributed by atoms with Crippen LogP contribution in [0.4, 0.5) is 0 Å². The van der Waals surface area contributed by atoms with Crippen molar-refractivity contribution in [1.29, 1.82) is 0 Å². The topological polar surface area (TPSA) is 79.4 Å². The standard InChI is InChI=1S/C31H52N2O3/c1-7-22-26-16-21(34)10-12-31(26,6)25-11-13-30(5)23(8-9-24(30)28(25)29(22)35)20(4)19(3)14-18(2)15-27-33-32-17-36-27/h17-26,28-29,34-35H,7-16H2,1-6H3/t18?,19?,20-,21-,22-,23?,24?,25?,26+,28?,29-,30-,31-/m1/s1. The Morgan fingerprint density at radius 2 is 1.72 bits per heavy atom. The molecule has 5 nitrogen and oxygen atoms in total. The smallest absolute Gasteiger partial charge is 0.216 e. The molecule has 1 heterocycles. The molecule has 0 radical (unpaired) electrons. The molecule has 5 rings (SSSR count). The van der Waals surface area contributed by atoms with Gasteiger partial charge in [-0.25, -0.2) is 0 Å². The Kier molecular flexibility index (Phi) is 7.39. The number of nitrogens with zero attached hydrogens (tertiary/aromatic N) is 2. The molecule has 4 fully saturated rings. The van der Waals surface area contributed by atoms with Gasteiger partial charge in [-0.3, -0.25) is 0 Å². The van der Waals surface area contributed by atoms with E-state index in [1.807, 2.05) is 0 Å². The van der Waals surface area contributed by atoms with Gasteiger partial charge in [0.1, 0.15) is 0 Å². The predicted molar refractivity (Wildman–Crippen MR) is 142 cm³/mol. The van der Waals surface area contributed by atoms with Gasteiger partial charge >= 0.3 is 0 Å².